The maximum Gasteiger partial charge on any atom is 0.312 e. The highest BCUT2D eigenvalue weighted by molar-refractivity contribution is 7.09. The van der Waals surface area contributed by atoms with E-state index in [1.165, 1.54) is 16.2 Å². The number of ether oxygens (including phenoxy) is 2. The van der Waals surface area contributed by atoms with Crippen molar-refractivity contribution >= 4 is 23.2 Å². The molecule has 0 radical (unpaired) electrons. The van der Waals surface area contributed by atoms with Crippen molar-refractivity contribution in [1.82, 2.24) is 9.88 Å². The molecule has 0 N–H and O–H groups in total. The quantitative estimate of drug-likeness (QED) is 0.718. The van der Waals surface area contributed by atoms with Gasteiger partial charge < -0.3 is 14.4 Å². The van der Waals surface area contributed by atoms with E-state index in [2.05, 4.69) is 4.98 Å². The summed E-state index contributed by atoms with van der Waals surface area (Å²) in [5, 5.41) is 2.71. The summed E-state index contributed by atoms with van der Waals surface area (Å²) in [5.41, 5.74) is 1.55. The Morgan fingerprint density at radius 3 is 2.71 bits per heavy atom. The lowest BCUT2D eigenvalue weighted by Gasteiger charge is -2.18. The Morgan fingerprint density at radius 2 is 2.04 bits per heavy atom. The zero-order valence-corrected chi connectivity index (χ0v) is 14.8. The summed E-state index contributed by atoms with van der Waals surface area (Å²) in [6, 6.07) is 7.47. The molecule has 0 atom stereocenters. The zero-order valence-electron chi connectivity index (χ0n) is 13.9. The lowest BCUT2D eigenvalue weighted by atomic mass is 10.2. The number of aryl methyl sites for hydroxylation is 1. The molecule has 0 saturated carbocycles. The van der Waals surface area contributed by atoms with Gasteiger partial charge in [-0.15, -0.1) is 11.3 Å². The van der Waals surface area contributed by atoms with Crippen LogP contribution in [-0.4, -0.2) is 42.5 Å². The van der Waals surface area contributed by atoms with Gasteiger partial charge in [0.2, 0.25) is 0 Å². The number of para-hydroxylation sites is 1. The van der Waals surface area contributed by atoms with Crippen LogP contribution in [0, 0.1) is 6.92 Å². The van der Waals surface area contributed by atoms with Gasteiger partial charge in [-0.1, -0.05) is 18.2 Å². The van der Waals surface area contributed by atoms with Crippen molar-refractivity contribution in [2.45, 2.75) is 19.9 Å². The van der Waals surface area contributed by atoms with Gasteiger partial charge in [-0.05, 0) is 13.0 Å². The van der Waals surface area contributed by atoms with Gasteiger partial charge >= 0.3 is 5.97 Å². The second-order valence-electron chi connectivity index (χ2n) is 5.26. The van der Waals surface area contributed by atoms with E-state index in [1.807, 2.05) is 36.6 Å². The molecule has 0 spiro atoms. The van der Waals surface area contributed by atoms with E-state index in [9.17, 15) is 9.59 Å². The van der Waals surface area contributed by atoms with E-state index in [0.717, 1.165) is 10.6 Å². The number of likely N-dealkylation sites (N-methyl/N-ethyl adjacent to an activating group) is 1. The van der Waals surface area contributed by atoms with Crippen molar-refractivity contribution in [1.29, 1.82) is 0 Å². The fraction of sp³-hybridized carbons (Fsp3) is 0.353. The van der Waals surface area contributed by atoms with Gasteiger partial charge in [0.05, 0.1) is 24.2 Å². The Kier molecular flexibility index (Phi) is 6.31. The molecule has 0 saturated heterocycles. The molecule has 1 heterocycles. The molecule has 7 heteroatoms. The second-order valence-corrected chi connectivity index (χ2v) is 6.32. The number of carbonyl (C=O) groups is 2. The first-order valence-corrected chi connectivity index (χ1v) is 8.30. The van der Waals surface area contributed by atoms with Crippen LogP contribution in [0.15, 0.2) is 29.6 Å². The molecule has 1 aromatic heterocycles. The molecule has 0 fully saturated rings. The number of esters is 1. The first kappa shape index (κ1) is 17.9. The Bertz CT molecular complexity index is 714. The lowest BCUT2D eigenvalue weighted by Crippen LogP contribution is -2.31. The summed E-state index contributed by atoms with van der Waals surface area (Å²) in [6.07, 6.45) is 0.0772. The van der Waals surface area contributed by atoms with Crippen LogP contribution < -0.4 is 4.74 Å². The van der Waals surface area contributed by atoms with Crippen LogP contribution in [0.3, 0.4) is 0 Å². The molecular weight excluding hydrogens is 328 g/mol. The first-order valence-electron chi connectivity index (χ1n) is 7.42. The maximum atomic E-state index is 12.1. The third-order valence-corrected chi connectivity index (χ3v) is 4.20. The number of carbonyl (C=O) groups excluding carboxylic acids is 2. The minimum absolute atomic E-state index is 0.0772. The predicted molar refractivity (Wildman–Crippen MR) is 91.0 cm³/mol. The van der Waals surface area contributed by atoms with E-state index in [-0.39, 0.29) is 18.9 Å². The number of benzene rings is 1. The number of rotatable bonds is 7. The summed E-state index contributed by atoms with van der Waals surface area (Å²) in [6.45, 7) is 1.97. The van der Waals surface area contributed by atoms with Crippen LogP contribution in [0.4, 0.5) is 0 Å². The average molecular weight is 348 g/mol. The summed E-state index contributed by atoms with van der Waals surface area (Å²) >= 11 is 1.47. The number of hydrogen-bond donors (Lipinski definition) is 0. The van der Waals surface area contributed by atoms with Crippen LogP contribution in [0.2, 0.25) is 0 Å². The third-order valence-electron chi connectivity index (χ3n) is 3.37. The first-order chi connectivity index (χ1) is 11.5. The molecule has 128 valence electrons. The molecule has 24 heavy (non-hydrogen) atoms. The Hall–Kier alpha value is -2.41. The molecule has 2 aromatic rings. The Balaban J connectivity index is 1.82. The molecule has 0 aliphatic heterocycles. The number of aromatic nitrogens is 1. The third kappa shape index (κ3) is 5.06. The lowest BCUT2D eigenvalue weighted by molar-refractivity contribution is -0.151. The van der Waals surface area contributed by atoms with Crippen LogP contribution in [0.5, 0.6) is 5.75 Å². The number of methoxy groups -OCH3 is 1. The van der Waals surface area contributed by atoms with Gasteiger partial charge in [0, 0.05) is 24.5 Å². The van der Waals surface area contributed by atoms with Crippen molar-refractivity contribution in [2.24, 2.45) is 0 Å². The topological polar surface area (TPSA) is 68.7 Å². The van der Waals surface area contributed by atoms with Crippen LogP contribution in [-0.2, 0) is 27.3 Å². The summed E-state index contributed by atoms with van der Waals surface area (Å²) in [4.78, 5) is 29.6. The molecule has 0 aliphatic rings. The fourth-order valence-electron chi connectivity index (χ4n) is 2.12. The molecule has 0 unspecified atom stereocenters. The van der Waals surface area contributed by atoms with Gasteiger partial charge in [-0.2, -0.15) is 0 Å². The standard InChI is InChI=1S/C17H20N2O4S/c1-12-18-14(11-24-12)8-17(21)23-10-16(20)19(2)9-13-6-4-5-7-15(13)22-3/h4-7,11H,8-10H2,1-3H3. The maximum absolute atomic E-state index is 12.1. The Labute approximate surface area is 145 Å². The monoisotopic (exact) mass is 348 g/mol. The van der Waals surface area contributed by atoms with Gasteiger partial charge in [0.15, 0.2) is 6.61 Å². The van der Waals surface area contributed by atoms with E-state index < -0.39 is 5.97 Å². The van der Waals surface area contributed by atoms with Crippen LogP contribution in [0.25, 0.3) is 0 Å². The number of hydrogen-bond acceptors (Lipinski definition) is 6. The van der Waals surface area contributed by atoms with Gasteiger partial charge in [-0.3, -0.25) is 9.59 Å². The number of thiazole rings is 1. The van der Waals surface area contributed by atoms with Gasteiger partial charge in [0.25, 0.3) is 5.91 Å². The highest BCUT2D eigenvalue weighted by atomic mass is 32.1. The van der Waals surface area contributed by atoms with Crippen molar-refractivity contribution in [3.63, 3.8) is 0 Å². The second kappa shape index (κ2) is 8.44. The molecule has 0 aliphatic carbocycles. The summed E-state index contributed by atoms with van der Waals surface area (Å²) in [5.74, 6) is -0.0175. The fourth-order valence-corrected chi connectivity index (χ4v) is 2.73. The van der Waals surface area contributed by atoms with E-state index in [1.54, 1.807) is 14.2 Å². The minimum Gasteiger partial charge on any atom is -0.496 e. The van der Waals surface area contributed by atoms with Crippen molar-refractivity contribution < 1.29 is 19.1 Å². The smallest absolute Gasteiger partial charge is 0.312 e. The highest BCUT2D eigenvalue weighted by Crippen LogP contribution is 2.18. The summed E-state index contributed by atoms with van der Waals surface area (Å²) < 4.78 is 10.3. The molecule has 6 nitrogen and oxygen atoms in total. The van der Waals surface area contributed by atoms with Crippen molar-refractivity contribution in [3.8, 4) is 5.75 Å². The van der Waals surface area contributed by atoms with Gasteiger partial charge in [0.1, 0.15) is 5.75 Å². The molecular formula is C17H20N2O4S. The number of nitrogens with zero attached hydrogens (tertiary/aromatic N) is 2. The minimum atomic E-state index is -0.459. The van der Waals surface area contributed by atoms with Crippen molar-refractivity contribution in [3.05, 3.63) is 45.9 Å². The normalized spacial score (nSPS) is 10.3. The van der Waals surface area contributed by atoms with Crippen LogP contribution in [0.1, 0.15) is 16.3 Å². The molecule has 1 aromatic carbocycles. The SMILES string of the molecule is COc1ccccc1CN(C)C(=O)COC(=O)Cc1csc(C)n1. The van der Waals surface area contributed by atoms with E-state index in [0.29, 0.717) is 18.0 Å². The molecule has 0 bridgehead atoms. The van der Waals surface area contributed by atoms with E-state index >= 15 is 0 Å². The zero-order chi connectivity index (χ0) is 17.5. The number of amides is 1. The van der Waals surface area contributed by atoms with E-state index in [4.69, 9.17) is 9.47 Å². The largest absolute Gasteiger partial charge is 0.496 e. The highest BCUT2D eigenvalue weighted by Gasteiger charge is 2.15. The molecule has 2 rings (SSSR count). The predicted octanol–water partition coefficient (Wildman–Crippen LogP) is 2.20. The van der Waals surface area contributed by atoms with Crippen molar-refractivity contribution in [2.75, 3.05) is 20.8 Å². The van der Waals surface area contributed by atoms with Gasteiger partial charge in [-0.25, -0.2) is 4.98 Å². The van der Waals surface area contributed by atoms with Crippen LogP contribution >= 0.6 is 11.3 Å². The average Bonchev–Trinajstić information content (AvgIpc) is 2.97. The Morgan fingerprint density at radius 1 is 1.29 bits per heavy atom. The molecule has 1 amide bonds. The summed E-state index contributed by atoms with van der Waals surface area (Å²) in [7, 11) is 3.25.